The predicted octanol–water partition coefficient (Wildman–Crippen LogP) is 0.886. The molecule has 16 heteroatoms. The Kier molecular flexibility index (Phi) is 29.0. The Morgan fingerprint density at radius 3 is 1.51 bits per heavy atom. The van der Waals surface area contributed by atoms with Gasteiger partial charge in [-0.15, -0.1) is 0 Å². The van der Waals surface area contributed by atoms with Crippen LogP contribution in [0.3, 0.4) is 0 Å². The summed E-state index contributed by atoms with van der Waals surface area (Å²) >= 11 is 0. The minimum absolute atomic E-state index is 0.0303. The first-order valence-corrected chi connectivity index (χ1v) is 16.5. The van der Waals surface area contributed by atoms with E-state index in [0.29, 0.717) is 6.42 Å². The van der Waals surface area contributed by atoms with E-state index >= 15 is 0 Å². The first-order chi connectivity index (χ1) is 22.6. The van der Waals surface area contributed by atoms with Gasteiger partial charge in [0, 0.05) is 32.4 Å². The van der Waals surface area contributed by atoms with Gasteiger partial charge in [0.1, 0.15) is 19.3 Å². The van der Waals surface area contributed by atoms with Crippen molar-refractivity contribution < 1.29 is 57.9 Å². The number of carbonyl (C=O) groups is 6. The molecule has 1 atom stereocenters. The maximum absolute atomic E-state index is 12.2. The van der Waals surface area contributed by atoms with Crippen LogP contribution in [0.2, 0.25) is 0 Å². The molecule has 0 saturated heterocycles. The number of amides is 4. The molecule has 0 aromatic heterocycles. The molecule has 0 radical (unpaired) electrons. The molecule has 0 aromatic carbocycles. The number of ether oxygens (including phenoxy) is 4. The number of unbranched alkanes of at least 4 members (excludes halogenated alkanes) is 9. The van der Waals surface area contributed by atoms with Crippen LogP contribution in [0.4, 0.5) is 0 Å². The Morgan fingerprint density at radius 2 is 1.00 bits per heavy atom. The molecule has 47 heavy (non-hydrogen) atoms. The molecule has 7 N–H and O–H groups in total. The Hall–Kier alpha value is -3.34. The van der Waals surface area contributed by atoms with E-state index in [1.54, 1.807) is 0 Å². The second kappa shape index (κ2) is 31.3. The minimum Gasteiger partial charge on any atom is -0.481 e. The molecule has 4 amide bonds. The number of carbonyl (C=O) groups excluding carboxylic acids is 4. The Bertz CT molecular complexity index is 891. The molecule has 0 aromatic rings. The normalized spacial score (nSPS) is 11.5. The summed E-state index contributed by atoms with van der Waals surface area (Å²) in [6.07, 6.45) is 10.0. The van der Waals surface area contributed by atoms with Crippen molar-refractivity contribution in [3.8, 4) is 0 Å². The molecule has 0 fully saturated rings. The molecule has 0 rings (SSSR count). The lowest BCUT2D eigenvalue weighted by Crippen LogP contribution is -2.41. The van der Waals surface area contributed by atoms with Crippen LogP contribution < -0.4 is 21.7 Å². The smallest absolute Gasteiger partial charge is 0.326 e. The lowest BCUT2D eigenvalue weighted by atomic mass is 10.0. The highest BCUT2D eigenvalue weighted by atomic mass is 16.5. The van der Waals surface area contributed by atoms with E-state index in [9.17, 15) is 33.9 Å². The molecule has 0 bridgehead atoms. The topological polar surface area (TPSA) is 242 Å². The van der Waals surface area contributed by atoms with Crippen LogP contribution in [0.1, 0.15) is 89.9 Å². The standard InChI is InChI=1S/C31H56N4O12/c32-26(36)23-46-21-19-45-18-16-34-29(39)24-47-22-20-44-17-15-33-27(37)14-13-25(31(42)43)35-28(38)11-9-7-5-3-1-2-4-6-8-10-12-30(40)41/h25H,1-24H2,(H2,32,36)(H,33,37)(H,34,39)(H,35,38)(H,40,41)(H,42,43)/t25-/m0/s1. The second-order valence-electron chi connectivity index (χ2n) is 10.9. The van der Waals surface area contributed by atoms with Gasteiger partial charge in [-0.3, -0.25) is 24.0 Å². The van der Waals surface area contributed by atoms with Crippen molar-refractivity contribution in [1.82, 2.24) is 16.0 Å². The zero-order valence-corrected chi connectivity index (χ0v) is 27.6. The lowest BCUT2D eigenvalue weighted by Gasteiger charge is -2.14. The monoisotopic (exact) mass is 676 g/mol. The fraction of sp³-hybridized carbons (Fsp3) is 0.806. The van der Waals surface area contributed by atoms with Crippen LogP contribution in [0.15, 0.2) is 0 Å². The fourth-order valence-electron chi connectivity index (χ4n) is 4.22. The number of rotatable bonds is 34. The lowest BCUT2D eigenvalue weighted by molar-refractivity contribution is -0.142. The summed E-state index contributed by atoms with van der Waals surface area (Å²) < 4.78 is 20.7. The quantitative estimate of drug-likeness (QED) is 0.0521. The van der Waals surface area contributed by atoms with Gasteiger partial charge in [0.05, 0.1) is 39.6 Å². The third-order valence-corrected chi connectivity index (χ3v) is 6.70. The fourth-order valence-corrected chi connectivity index (χ4v) is 4.22. The molecule has 0 unspecified atom stereocenters. The maximum atomic E-state index is 12.2. The zero-order valence-electron chi connectivity index (χ0n) is 27.6. The second-order valence-corrected chi connectivity index (χ2v) is 10.9. The summed E-state index contributed by atoms with van der Waals surface area (Å²) in [6.45, 7) is 1.54. The van der Waals surface area contributed by atoms with Crippen LogP contribution >= 0.6 is 0 Å². The van der Waals surface area contributed by atoms with Crippen LogP contribution in [-0.4, -0.2) is 118 Å². The average Bonchev–Trinajstić information content (AvgIpc) is 3.01. The van der Waals surface area contributed by atoms with Gasteiger partial charge in [-0.2, -0.15) is 0 Å². The molecule has 0 saturated carbocycles. The van der Waals surface area contributed by atoms with Crippen molar-refractivity contribution in [2.45, 2.75) is 95.9 Å². The van der Waals surface area contributed by atoms with Crippen LogP contribution in [0.25, 0.3) is 0 Å². The number of nitrogens with one attached hydrogen (secondary N) is 3. The molecule has 0 aliphatic carbocycles. The molecule has 0 aliphatic heterocycles. The number of nitrogens with two attached hydrogens (primary N) is 1. The predicted molar refractivity (Wildman–Crippen MR) is 170 cm³/mol. The Balaban J connectivity index is 3.70. The van der Waals surface area contributed by atoms with Crippen LogP contribution in [0.5, 0.6) is 0 Å². The number of primary amides is 1. The van der Waals surface area contributed by atoms with Crippen LogP contribution in [-0.2, 0) is 47.7 Å². The van der Waals surface area contributed by atoms with Gasteiger partial charge < -0.3 is 50.8 Å². The zero-order chi connectivity index (χ0) is 35.0. The van der Waals surface area contributed by atoms with E-state index < -0.39 is 23.9 Å². The van der Waals surface area contributed by atoms with Crippen molar-refractivity contribution in [2.75, 3.05) is 65.9 Å². The first-order valence-electron chi connectivity index (χ1n) is 16.5. The molecule has 0 aliphatic rings. The Labute approximate surface area is 277 Å². The van der Waals surface area contributed by atoms with Crippen molar-refractivity contribution in [1.29, 1.82) is 0 Å². The number of hydrogen-bond acceptors (Lipinski definition) is 10. The number of aliphatic carboxylic acids is 2. The van der Waals surface area contributed by atoms with Gasteiger partial charge in [-0.05, 0) is 19.3 Å². The van der Waals surface area contributed by atoms with Crippen LogP contribution in [0, 0.1) is 0 Å². The first kappa shape index (κ1) is 43.7. The molecule has 0 spiro atoms. The van der Waals surface area contributed by atoms with Gasteiger partial charge in [0.2, 0.25) is 23.6 Å². The molecular formula is C31H56N4O12. The van der Waals surface area contributed by atoms with Gasteiger partial charge in [0.25, 0.3) is 0 Å². The summed E-state index contributed by atoms with van der Waals surface area (Å²) in [5, 5.41) is 25.8. The molecule has 272 valence electrons. The van der Waals surface area contributed by atoms with E-state index in [1.807, 2.05) is 0 Å². The van der Waals surface area contributed by atoms with E-state index in [4.69, 9.17) is 29.8 Å². The molecule has 0 heterocycles. The average molecular weight is 677 g/mol. The van der Waals surface area contributed by atoms with Crippen molar-refractivity contribution >= 4 is 35.6 Å². The minimum atomic E-state index is -1.19. The largest absolute Gasteiger partial charge is 0.481 e. The number of carboxylic acids is 2. The van der Waals surface area contributed by atoms with Crippen molar-refractivity contribution in [3.05, 3.63) is 0 Å². The summed E-state index contributed by atoms with van der Waals surface area (Å²) in [4.78, 5) is 68.5. The van der Waals surface area contributed by atoms with E-state index in [-0.39, 0.29) is 109 Å². The van der Waals surface area contributed by atoms with Gasteiger partial charge in [-0.25, -0.2) is 4.79 Å². The van der Waals surface area contributed by atoms with Crippen molar-refractivity contribution in [2.24, 2.45) is 5.73 Å². The highest BCUT2D eigenvalue weighted by molar-refractivity contribution is 5.84. The van der Waals surface area contributed by atoms with Gasteiger partial charge in [-0.1, -0.05) is 51.4 Å². The maximum Gasteiger partial charge on any atom is 0.326 e. The van der Waals surface area contributed by atoms with Gasteiger partial charge in [0.15, 0.2) is 0 Å². The van der Waals surface area contributed by atoms with E-state index in [1.165, 1.54) is 0 Å². The highest BCUT2D eigenvalue weighted by Crippen LogP contribution is 2.12. The summed E-state index contributed by atoms with van der Waals surface area (Å²) in [5.41, 5.74) is 4.93. The number of hydrogen-bond donors (Lipinski definition) is 6. The van der Waals surface area contributed by atoms with Crippen molar-refractivity contribution in [3.63, 3.8) is 0 Å². The highest BCUT2D eigenvalue weighted by Gasteiger charge is 2.20. The summed E-state index contributed by atoms with van der Waals surface area (Å²) in [6, 6.07) is -1.14. The third kappa shape index (κ3) is 32.4. The third-order valence-electron chi connectivity index (χ3n) is 6.70. The summed E-state index contributed by atoms with van der Waals surface area (Å²) in [5.74, 6) is -3.51. The van der Waals surface area contributed by atoms with Gasteiger partial charge >= 0.3 is 11.9 Å². The Morgan fingerprint density at radius 1 is 0.532 bits per heavy atom. The number of carboxylic acid groups (broad SMARTS) is 2. The molecule has 16 nitrogen and oxygen atoms in total. The SMILES string of the molecule is NC(=O)COCCOCCNC(=O)COCCOCCNC(=O)CC[C@H](NC(=O)CCCCCCCCCCCCC(=O)O)C(=O)O. The summed E-state index contributed by atoms with van der Waals surface area (Å²) in [7, 11) is 0. The van der Waals surface area contributed by atoms with E-state index in [2.05, 4.69) is 16.0 Å². The molecular weight excluding hydrogens is 620 g/mol. The van der Waals surface area contributed by atoms with E-state index in [0.717, 1.165) is 57.8 Å².